The summed E-state index contributed by atoms with van der Waals surface area (Å²) < 4.78 is 8.02. The van der Waals surface area contributed by atoms with Crippen LogP contribution in [0.1, 0.15) is 44.6 Å². The molecule has 3 rings (SSSR count). The zero-order valence-corrected chi connectivity index (χ0v) is 12.7. The summed E-state index contributed by atoms with van der Waals surface area (Å²) in [4.78, 5) is 0. The number of nitrogens with zero attached hydrogens (tertiary/aromatic N) is 3. The highest BCUT2D eigenvalue weighted by atomic mass is 16.5. The first-order chi connectivity index (χ1) is 10.4. The van der Waals surface area contributed by atoms with Crippen LogP contribution in [-0.2, 0) is 13.0 Å². The minimum Gasteiger partial charge on any atom is -0.494 e. The number of hydrogen-bond acceptors (Lipinski definition) is 3. The van der Waals surface area contributed by atoms with Crippen molar-refractivity contribution in [3.05, 3.63) is 30.1 Å². The molecule has 0 bridgehead atoms. The standard InChI is InChI=1S/C17H23N3O/c1-2-3-4-5-11-21-15-8-9-16-14(12-15)7-6-10-20-13-18-19-17(16)20/h8-9,12-13H,2-7,10-11H2,1H3. The molecule has 0 N–H and O–H groups in total. The van der Waals surface area contributed by atoms with Gasteiger partial charge in [0.1, 0.15) is 12.1 Å². The number of aromatic nitrogens is 3. The van der Waals surface area contributed by atoms with Crippen molar-refractivity contribution in [3.8, 4) is 17.1 Å². The maximum atomic E-state index is 5.89. The number of aryl methyl sites for hydroxylation is 2. The number of hydrogen-bond donors (Lipinski definition) is 0. The van der Waals surface area contributed by atoms with Crippen molar-refractivity contribution in [1.29, 1.82) is 0 Å². The predicted molar refractivity (Wildman–Crippen MR) is 83.4 cm³/mol. The van der Waals surface area contributed by atoms with Crippen LogP contribution in [-0.4, -0.2) is 21.4 Å². The van der Waals surface area contributed by atoms with Crippen LogP contribution in [0.4, 0.5) is 0 Å². The average Bonchev–Trinajstić information content (AvgIpc) is 2.89. The number of ether oxygens (including phenoxy) is 1. The highest BCUT2D eigenvalue weighted by Gasteiger charge is 2.16. The van der Waals surface area contributed by atoms with Crippen molar-refractivity contribution in [2.75, 3.05) is 6.61 Å². The van der Waals surface area contributed by atoms with E-state index in [2.05, 4.69) is 39.9 Å². The summed E-state index contributed by atoms with van der Waals surface area (Å²) in [5.41, 5.74) is 2.52. The molecule has 1 aliphatic heterocycles. The molecule has 0 fully saturated rings. The number of unbranched alkanes of at least 4 members (excludes halogenated alkanes) is 3. The quantitative estimate of drug-likeness (QED) is 0.757. The van der Waals surface area contributed by atoms with Gasteiger partial charge < -0.3 is 9.30 Å². The van der Waals surface area contributed by atoms with Gasteiger partial charge in [0.15, 0.2) is 5.82 Å². The first-order valence-electron chi connectivity index (χ1n) is 8.02. The molecular formula is C17H23N3O. The lowest BCUT2D eigenvalue weighted by atomic mass is 10.0. The van der Waals surface area contributed by atoms with E-state index in [0.29, 0.717) is 0 Å². The first kappa shape index (κ1) is 14.1. The van der Waals surface area contributed by atoms with Crippen LogP contribution in [0.15, 0.2) is 24.5 Å². The third-order valence-corrected chi connectivity index (χ3v) is 4.04. The Hall–Kier alpha value is -1.84. The summed E-state index contributed by atoms with van der Waals surface area (Å²) in [6.07, 6.45) is 8.97. The zero-order chi connectivity index (χ0) is 14.5. The molecule has 0 amide bonds. The molecule has 112 valence electrons. The first-order valence-corrected chi connectivity index (χ1v) is 8.02. The van der Waals surface area contributed by atoms with Gasteiger partial charge in [-0.1, -0.05) is 26.2 Å². The van der Waals surface area contributed by atoms with E-state index in [9.17, 15) is 0 Å². The summed E-state index contributed by atoms with van der Waals surface area (Å²) in [6.45, 7) is 4.03. The Morgan fingerprint density at radius 2 is 2.19 bits per heavy atom. The molecule has 2 aromatic rings. The molecule has 0 saturated carbocycles. The maximum Gasteiger partial charge on any atom is 0.164 e. The van der Waals surface area contributed by atoms with Gasteiger partial charge in [-0.15, -0.1) is 10.2 Å². The van der Waals surface area contributed by atoms with E-state index >= 15 is 0 Å². The Labute approximate surface area is 126 Å². The zero-order valence-electron chi connectivity index (χ0n) is 12.7. The van der Waals surface area contributed by atoms with Crippen molar-refractivity contribution in [2.45, 2.75) is 52.0 Å². The van der Waals surface area contributed by atoms with Gasteiger partial charge in [0.2, 0.25) is 0 Å². The fourth-order valence-electron chi connectivity index (χ4n) is 2.87. The van der Waals surface area contributed by atoms with Crippen molar-refractivity contribution in [2.24, 2.45) is 0 Å². The molecule has 1 aliphatic rings. The lowest BCUT2D eigenvalue weighted by Crippen LogP contribution is -1.99. The van der Waals surface area contributed by atoms with E-state index in [4.69, 9.17) is 4.74 Å². The van der Waals surface area contributed by atoms with Gasteiger partial charge in [-0.25, -0.2) is 0 Å². The van der Waals surface area contributed by atoms with E-state index in [1.54, 1.807) is 0 Å². The highest BCUT2D eigenvalue weighted by Crippen LogP contribution is 2.29. The third kappa shape index (κ3) is 3.26. The normalized spacial score (nSPS) is 13.4. The van der Waals surface area contributed by atoms with E-state index in [1.807, 2.05) is 6.33 Å². The van der Waals surface area contributed by atoms with Gasteiger partial charge in [-0.2, -0.15) is 0 Å². The van der Waals surface area contributed by atoms with E-state index in [-0.39, 0.29) is 0 Å². The van der Waals surface area contributed by atoms with Crippen molar-refractivity contribution < 1.29 is 4.74 Å². The number of rotatable bonds is 6. The molecule has 0 radical (unpaired) electrons. The number of benzene rings is 1. The van der Waals surface area contributed by atoms with Crippen LogP contribution in [0.5, 0.6) is 5.75 Å². The molecule has 1 aromatic carbocycles. The fraction of sp³-hybridized carbons (Fsp3) is 0.529. The van der Waals surface area contributed by atoms with Crippen LogP contribution in [0.3, 0.4) is 0 Å². The van der Waals surface area contributed by atoms with Crippen LogP contribution in [0.25, 0.3) is 11.4 Å². The SMILES string of the molecule is CCCCCCOc1ccc2c(c1)CCCn1cnnc1-2. The van der Waals surface area contributed by atoms with Crippen molar-refractivity contribution in [1.82, 2.24) is 14.8 Å². The summed E-state index contributed by atoms with van der Waals surface area (Å²) >= 11 is 0. The smallest absolute Gasteiger partial charge is 0.164 e. The Bertz CT molecular complexity index is 591. The van der Waals surface area contributed by atoms with Gasteiger partial charge in [0.05, 0.1) is 6.61 Å². The molecule has 21 heavy (non-hydrogen) atoms. The van der Waals surface area contributed by atoms with Crippen LogP contribution >= 0.6 is 0 Å². The molecule has 1 aromatic heterocycles. The van der Waals surface area contributed by atoms with Crippen molar-refractivity contribution in [3.63, 3.8) is 0 Å². The monoisotopic (exact) mass is 285 g/mol. The molecule has 0 atom stereocenters. The second-order valence-electron chi connectivity index (χ2n) is 5.68. The Balaban J connectivity index is 1.69. The van der Waals surface area contributed by atoms with Gasteiger partial charge >= 0.3 is 0 Å². The molecule has 0 unspecified atom stereocenters. The predicted octanol–water partition coefficient (Wildman–Crippen LogP) is 3.85. The Morgan fingerprint density at radius 1 is 1.24 bits per heavy atom. The Kier molecular flexibility index (Phi) is 4.53. The van der Waals surface area contributed by atoms with E-state index in [1.165, 1.54) is 30.4 Å². The molecule has 4 nitrogen and oxygen atoms in total. The summed E-state index contributed by atoms with van der Waals surface area (Å²) in [7, 11) is 0. The van der Waals surface area contributed by atoms with Gasteiger partial charge in [0, 0.05) is 12.1 Å². The maximum absolute atomic E-state index is 5.89. The second kappa shape index (κ2) is 6.74. The minimum atomic E-state index is 0.814. The van der Waals surface area contributed by atoms with Crippen LogP contribution in [0.2, 0.25) is 0 Å². The molecule has 2 heterocycles. The van der Waals surface area contributed by atoms with Crippen molar-refractivity contribution >= 4 is 0 Å². The second-order valence-corrected chi connectivity index (χ2v) is 5.68. The Morgan fingerprint density at radius 3 is 3.10 bits per heavy atom. The van der Waals surface area contributed by atoms with Gasteiger partial charge in [-0.05, 0) is 43.0 Å². The average molecular weight is 285 g/mol. The third-order valence-electron chi connectivity index (χ3n) is 4.04. The van der Waals surface area contributed by atoms with E-state index in [0.717, 1.165) is 44.0 Å². The fourth-order valence-corrected chi connectivity index (χ4v) is 2.87. The van der Waals surface area contributed by atoms with E-state index < -0.39 is 0 Å². The molecular weight excluding hydrogens is 262 g/mol. The lowest BCUT2D eigenvalue weighted by molar-refractivity contribution is 0.305. The molecule has 0 aliphatic carbocycles. The lowest BCUT2D eigenvalue weighted by Gasteiger charge is -2.10. The topological polar surface area (TPSA) is 39.9 Å². The van der Waals surface area contributed by atoms with Crippen LogP contribution in [0, 0.1) is 0 Å². The number of fused-ring (bicyclic) bond motifs is 3. The minimum absolute atomic E-state index is 0.814. The molecule has 0 saturated heterocycles. The van der Waals surface area contributed by atoms with Crippen LogP contribution < -0.4 is 4.74 Å². The van der Waals surface area contributed by atoms with Gasteiger partial charge in [0.25, 0.3) is 0 Å². The van der Waals surface area contributed by atoms with Gasteiger partial charge in [-0.3, -0.25) is 0 Å². The molecule has 0 spiro atoms. The summed E-state index contributed by atoms with van der Waals surface area (Å²) in [6, 6.07) is 6.37. The summed E-state index contributed by atoms with van der Waals surface area (Å²) in [5.74, 6) is 1.97. The highest BCUT2D eigenvalue weighted by molar-refractivity contribution is 5.62. The summed E-state index contributed by atoms with van der Waals surface area (Å²) in [5, 5.41) is 8.28. The largest absolute Gasteiger partial charge is 0.494 e. The molecule has 4 heteroatoms.